The normalized spacial score (nSPS) is 25.5. The number of nitrogens with zero attached hydrogens (tertiary/aromatic N) is 1. The fraction of sp³-hybridized carbons (Fsp3) is 1.00. The van der Waals surface area contributed by atoms with Crippen LogP contribution in [0.5, 0.6) is 0 Å². The van der Waals surface area contributed by atoms with Crippen LogP contribution >= 0.6 is 11.8 Å². The Morgan fingerprint density at radius 1 is 1.57 bits per heavy atom. The van der Waals surface area contributed by atoms with Crippen LogP contribution in [0.3, 0.4) is 0 Å². The van der Waals surface area contributed by atoms with Gasteiger partial charge >= 0.3 is 0 Å². The van der Waals surface area contributed by atoms with Gasteiger partial charge in [0.15, 0.2) is 0 Å². The van der Waals surface area contributed by atoms with Gasteiger partial charge < -0.3 is 10.0 Å². The first-order valence-electron chi connectivity index (χ1n) is 5.70. The second-order valence-electron chi connectivity index (χ2n) is 4.17. The van der Waals surface area contributed by atoms with Crippen molar-refractivity contribution in [2.45, 2.75) is 32.7 Å². The van der Waals surface area contributed by atoms with Crippen LogP contribution in [0.4, 0.5) is 0 Å². The Labute approximate surface area is 92.1 Å². The Balaban J connectivity index is 2.15. The molecule has 0 bridgehead atoms. The zero-order chi connectivity index (χ0) is 10.4. The van der Waals surface area contributed by atoms with Crippen molar-refractivity contribution in [2.75, 3.05) is 31.2 Å². The second-order valence-corrected chi connectivity index (χ2v) is 5.56. The summed E-state index contributed by atoms with van der Waals surface area (Å²) < 4.78 is 0. The van der Waals surface area contributed by atoms with E-state index in [1.165, 1.54) is 30.9 Å². The summed E-state index contributed by atoms with van der Waals surface area (Å²) in [4.78, 5) is 2.52. The molecule has 84 valence electrons. The lowest BCUT2D eigenvalue weighted by atomic mass is 10.1. The van der Waals surface area contributed by atoms with E-state index in [-0.39, 0.29) is 0 Å². The molecule has 0 spiro atoms. The number of aliphatic hydroxyl groups excluding tert-OH is 1. The number of rotatable bonds is 6. The quantitative estimate of drug-likeness (QED) is 0.687. The highest BCUT2D eigenvalue weighted by Gasteiger charge is 2.24. The molecule has 1 aliphatic heterocycles. The van der Waals surface area contributed by atoms with Crippen LogP contribution in [-0.4, -0.2) is 47.3 Å². The molecule has 1 rings (SSSR count). The highest BCUT2D eigenvalue weighted by atomic mass is 32.2. The Bertz CT molecular complexity index is 154. The molecule has 0 aromatic carbocycles. The van der Waals surface area contributed by atoms with Crippen molar-refractivity contribution < 1.29 is 5.11 Å². The lowest BCUT2D eigenvalue weighted by Gasteiger charge is -2.23. The fourth-order valence-corrected chi connectivity index (χ4v) is 2.79. The maximum atomic E-state index is 9.05. The molecule has 1 saturated heterocycles. The van der Waals surface area contributed by atoms with Crippen molar-refractivity contribution >= 4 is 11.8 Å². The van der Waals surface area contributed by atoms with Gasteiger partial charge in [-0.1, -0.05) is 6.92 Å². The van der Waals surface area contributed by atoms with Gasteiger partial charge in [-0.2, -0.15) is 11.8 Å². The van der Waals surface area contributed by atoms with Gasteiger partial charge in [-0.05, 0) is 43.7 Å². The number of aliphatic hydroxyl groups is 1. The van der Waals surface area contributed by atoms with Crippen molar-refractivity contribution in [1.29, 1.82) is 0 Å². The first-order valence-corrected chi connectivity index (χ1v) is 6.86. The predicted octanol–water partition coefficient (Wildman–Crippen LogP) is 1.83. The maximum absolute atomic E-state index is 9.05. The maximum Gasteiger partial charge on any atom is 0.0471 e. The van der Waals surface area contributed by atoms with E-state index in [2.05, 4.69) is 18.7 Å². The summed E-state index contributed by atoms with van der Waals surface area (Å²) in [5, 5.41) is 9.05. The second kappa shape index (κ2) is 6.70. The SMILES string of the molecule is CCSCCC(C)N1CCC(CO)C1. The van der Waals surface area contributed by atoms with Crippen molar-refractivity contribution in [3.05, 3.63) is 0 Å². The van der Waals surface area contributed by atoms with Crippen LogP contribution in [0, 0.1) is 5.92 Å². The van der Waals surface area contributed by atoms with Gasteiger partial charge in [-0.15, -0.1) is 0 Å². The molecule has 1 N–H and O–H groups in total. The molecule has 14 heavy (non-hydrogen) atoms. The Morgan fingerprint density at radius 3 is 2.93 bits per heavy atom. The minimum absolute atomic E-state index is 0.368. The lowest BCUT2D eigenvalue weighted by molar-refractivity contribution is 0.202. The van der Waals surface area contributed by atoms with E-state index in [0.717, 1.165) is 6.54 Å². The molecule has 0 aromatic heterocycles. The molecule has 0 aromatic rings. The zero-order valence-electron chi connectivity index (χ0n) is 9.41. The Hall–Kier alpha value is 0.270. The molecule has 2 nitrogen and oxygen atoms in total. The van der Waals surface area contributed by atoms with Gasteiger partial charge in [-0.25, -0.2) is 0 Å². The summed E-state index contributed by atoms with van der Waals surface area (Å²) in [6.07, 6.45) is 2.47. The number of hydrogen-bond donors (Lipinski definition) is 1. The van der Waals surface area contributed by atoms with Crippen LogP contribution in [0.2, 0.25) is 0 Å². The van der Waals surface area contributed by atoms with Crippen molar-refractivity contribution in [3.63, 3.8) is 0 Å². The van der Waals surface area contributed by atoms with E-state index >= 15 is 0 Å². The number of likely N-dealkylation sites (tertiary alicyclic amines) is 1. The molecule has 1 fully saturated rings. The summed E-state index contributed by atoms with van der Waals surface area (Å²) in [5.74, 6) is 3.04. The van der Waals surface area contributed by atoms with Crippen LogP contribution in [0.25, 0.3) is 0 Å². The van der Waals surface area contributed by atoms with E-state index < -0.39 is 0 Å². The third-order valence-corrected chi connectivity index (χ3v) is 4.02. The molecule has 0 aliphatic carbocycles. The van der Waals surface area contributed by atoms with Gasteiger partial charge in [0.1, 0.15) is 0 Å². The third kappa shape index (κ3) is 3.79. The van der Waals surface area contributed by atoms with Gasteiger partial charge in [0.25, 0.3) is 0 Å². The molecule has 2 atom stereocenters. The summed E-state index contributed by atoms with van der Waals surface area (Å²) in [6.45, 7) is 7.19. The highest BCUT2D eigenvalue weighted by molar-refractivity contribution is 7.99. The monoisotopic (exact) mass is 217 g/mol. The molecule has 0 radical (unpaired) electrons. The van der Waals surface area contributed by atoms with E-state index in [4.69, 9.17) is 5.11 Å². The van der Waals surface area contributed by atoms with Gasteiger partial charge in [0.2, 0.25) is 0 Å². The summed E-state index contributed by atoms with van der Waals surface area (Å²) in [5.41, 5.74) is 0. The van der Waals surface area contributed by atoms with Gasteiger partial charge in [-0.3, -0.25) is 0 Å². The van der Waals surface area contributed by atoms with Gasteiger partial charge in [0.05, 0.1) is 0 Å². The average molecular weight is 217 g/mol. The van der Waals surface area contributed by atoms with Crippen molar-refractivity contribution in [3.8, 4) is 0 Å². The van der Waals surface area contributed by atoms with Crippen LogP contribution in [0.15, 0.2) is 0 Å². The minimum Gasteiger partial charge on any atom is -0.396 e. The molecule has 3 heteroatoms. The minimum atomic E-state index is 0.368. The van der Waals surface area contributed by atoms with E-state index in [1.54, 1.807) is 0 Å². The molecule has 0 amide bonds. The Kier molecular flexibility index (Phi) is 5.90. The smallest absolute Gasteiger partial charge is 0.0471 e. The van der Waals surface area contributed by atoms with Crippen LogP contribution in [-0.2, 0) is 0 Å². The largest absolute Gasteiger partial charge is 0.396 e. The van der Waals surface area contributed by atoms with E-state index in [0.29, 0.717) is 18.6 Å². The first-order chi connectivity index (χ1) is 6.77. The summed E-state index contributed by atoms with van der Waals surface area (Å²) in [7, 11) is 0. The Morgan fingerprint density at radius 2 is 2.36 bits per heavy atom. The average Bonchev–Trinajstić information content (AvgIpc) is 2.66. The fourth-order valence-electron chi connectivity index (χ4n) is 1.99. The van der Waals surface area contributed by atoms with Crippen LogP contribution in [0.1, 0.15) is 26.7 Å². The van der Waals surface area contributed by atoms with Crippen molar-refractivity contribution in [2.24, 2.45) is 5.92 Å². The van der Waals surface area contributed by atoms with E-state index in [1.807, 2.05) is 11.8 Å². The summed E-state index contributed by atoms with van der Waals surface area (Å²) in [6, 6.07) is 0.700. The molecule has 2 unspecified atom stereocenters. The zero-order valence-corrected chi connectivity index (χ0v) is 10.2. The molecule has 1 heterocycles. The first kappa shape index (κ1) is 12.3. The number of hydrogen-bond acceptors (Lipinski definition) is 3. The highest BCUT2D eigenvalue weighted by Crippen LogP contribution is 2.20. The van der Waals surface area contributed by atoms with Gasteiger partial charge in [0, 0.05) is 19.2 Å². The standard InChI is InChI=1S/C11H23NOS/c1-3-14-7-5-10(2)12-6-4-11(8-12)9-13/h10-11,13H,3-9H2,1-2H3. The molecular weight excluding hydrogens is 194 g/mol. The molecule has 0 saturated carbocycles. The molecule has 1 aliphatic rings. The van der Waals surface area contributed by atoms with Crippen LogP contribution < -0.4 is 0 Å². The van der Waals surface area contributed by atoms with Crippen molar-refractivity contribution in [1.82, 2.24) is 4.90 Å². The topological polar surface area (TPSA) is 23.5 Å². The summed E-state index contributed by atoms with van der Waals surface area (Å²) >= 11 is 2.03. The predicted molar refractivity (Wildman–Crippen MR) is 63.8 cm³/mol. The lowest BCUT2D eigenvalue weighted by Crippen LogP contribution is -2.31. The van der Waals surface area contributed by atoms with E-state index in [9.17, 15) is 0 Å². The number of thioether (sulfide) groups is 1. The molecular formula is C11H23NOS. The third-order valence-electron chi connectivity index (χ3n) is 3.08.